The number of hydrogen-bond acceptors (Lipinski definition) is 3. The molecule has 2 rings (SSSR count). The zero-order valence-corrected chi connectivity index (χ0v) is 8.25. The van der Waals surface area contributed by atoms with Crippen molar-refractivity contribution in [3.63, 3.8) is 0 Å². The van der Waals surface area contributed by atoms with Gasteiger partial charge < -0.3 is 4.42 Å². The molecular weight excluding hydrogens is 192 g/mol. The Kier molecular flexibility index (Phi) is 2.49. The van der Waals surface area contributed by atoms with E-state index in [2.05, 4.69) is 5.10 Å². The average Bonchev–Trinajstić information content (AvgIpc) is 2.57. The molecule has 0 N–H and O–H groups in total. The summed E-state index contributed by atoms with van der Waals surface area (Å²) in [7, 11) is 1.55. The number of nitrogens with zero attached hydrogens (tertiary/aromatic N) is 2. The number of rotatable bonds is 2. The first-order valence-electron chi connectivity index (χ1n) is 4.53. The maximum absolute atomic E-state index is 11.0. The van der Waals surface area contributed by atoms with Crippen molar-refractivity contribution >= 4 is 12.2 Å². The molecule has 4 nitrogen and oxygen atoms in total. The lowest BCUT2D eigenvalue weighted by Crippen LogP contribution is -2.09. The van der Waals surface area contributed by atoms with Crippen molar-refractivity contribution in [2.24, 2.45) is 7.05 Å². The largest absolute Gasteiger partial charge is 0.437 e. The van der Waals surface area contributed by atoms with Gasteiger partial charge in [-0.25, -0.2) is 4.79 Å². The second-order valence-electron chi connectivity index (χ2n) is 3.07. The Balaban J connectivity index is 2.22. The van der Waals surface area contributed by atoms with Crippen molar-refractivity contribution in [3.05, 3.63) is 52.3 Å². The van der Waals surface area contributed by atoms with Crippen molar-refractivity contribution in [3.8, 4) is 0 Å². The van der Waals surface area contributed by atoms with Gasteiger partial charge in [-0.15, -0.1) is 5.10 Å². The summed E-state index contributed by atoms with van der Waals surface area (Å²) in [4.78, 5) is 11.0. The van der Waals surface area contributed by atoms with Gasteiger partial charge in [0.1, 0.15) is 0 Å². The van der Waals surface area contributed by atoms with Crippen molar-refractivity contribution in [1.82, 2.24) is 9.78 Å². The monoisotopic (exact) mass is 202 g/mol. The van der Waals surface area contributed by atoms with Crippen LogP contribution in [0.2, 0.25) is 0 Å². The first-order chi connectivity index (χ1) is 7.25. The Labute approximate surface area is 86.5 Å². The van der Waals surface area contributed by atoms with E-state index in [1.807, 2.05) is 36.4 Å². The molecule has 0 aliphatic carbocycles. The Hall–Kier alpha value is -2.10. The summed E-state index contributed by atoms with van der Waals surface area (Å²) in [6, 6.07) is 9.73. The summed E-state index contributed by atoms with van der Waals surface area (Å²) in [5, 5.41) is 3.88. The van der Waals surface area contributed by atoms with Gasteiger partial charge in [-0.3, -0.25) is 0 Å². The fourth-order valence-electron chi connectivity index (χ4n) is 1.16. The molecule has 0 aliphatic rings. The zero-order chi connectivity index (χ0) is 10.7. The molecule has 0 atom stereocenters. The smallest absolute Gasteiger partial charge is 0.388 e. The van der Waals surface area contributed by atoms with E-state index in [1.54, 1.807) is 13.1 Å². The third kappa shape index (κ3) is 2.22. The van der Waals surface area contributed by atoms with E-state index < -0.39 is 5.76 Å². The van der Waals surface area contributed by atoms with Gasteiger partial charge in [0.2, 0.25) is 5.89 Å². The lowest BCUT2D eigenvalue weighted by Gasteiger charge is -1.88. The standard InChI is InChI=1S/C11H10N2O2/c1-13-11(14)15-10(12-13)8-7-9-5-3-2-4-6-9/h2-8H,1H3/b8-7+. The molecule has 1 aromatic carbocycles. The highest BCUT2D eigenvalue weighted by Gasteiger charge is 1.99. The summed E-state index contributed by atoms with van der Waals surface area (Å²) in [6.45, 7) is 0. The van der Waals surface area contributed by atoms with Crippen LogP contribution >= 0.6 is 0 Å². The summed E-state index contributed by atoms with van der Waals surface area (Å²) < 4.78 is 6.00. The zero-order valence-electron chi connectivity index (χ0n) is 8.25. The molecule has 0 fully saturated rings. The van der Waals surface area contributed by atoms with E-state index in [0.717, 1.165) is 10.2 Å². The van der Waals surface area contributed by atoms with E-state index in [1.165, 1.54) is 0 Å². The molecule has 0 amide bonds. The average molecular weight is 202 g/mol. The van der Waals surface area contributed by atoms with Gasteiger partial charge in [0.15, 0.2) is 0 Å². The number of aryl methyl sites for hydroxylation is 1. The third-order valence-corrected chi connectivity index (χ3v) is 1.92. The van der Waals surface area contributed by atoms with Crippen LogP contribution in [0, 0.1) is 0 Å². The fourth-order valence-corrected chi connectivity index (χ4v) is 1.16. The van der Waals surface area contributed by atoms with Crippen molar-refractivity contribution < 1.29 is 4.42 Å². The van der Waals surface area contributed by atoms with Crippen LogP contribution in [0.4, 0.5) is 0 Å². The van der Waals surface area contributed by atoms with Gasteiger partial charge in [0, 0.05) is 13.1 Å². The molecule has 0 aliphatic heterocycles. The van der Waals surface area contributed by atoms with Gasteiger partial charge in [-0.05, 0) is 11.6 Å². The van der Waals surface area contributed by atoms with Gasteiger partial charge in [0.05, 0.1) is 0 Å². The molecule has 0 radical (unpaired) electrons. The van der Waals surface area contributed by atoms with Gasteiger partial charge in [0.25, 0.3) is 0 Å². The van der Waals surface area contributed by atoms with Crippen LogP contribution in [0.25, 0.3) is 12.2 Å². The quantitative estimate of drug-likeness (QED) is 0.742. The highest BCUT2D eigenvalue weighted by molar-refractivity contribution is 5.65. The van der Waals surface area contributed by atoms with E-state index in [9.17, 15) is 4.79 Å². The van der Waals surface area contributed by atoms with E-state index in [0.29, 0.717) is 5.89 Å². The molecular formula is C11H10N2O2. The normalized spacial score (nSPS) is 11.0. The molecule has 15 heavy (non-hydrogen) atoms. The molecule has 0 unspecified atom stereocenters. The van der Waals surface area contributed by atoms with Crippen LogP contribution < -0.4 is 5.76 Å². The Morgan fingerprint density at radius 3 is 2.60 bits per heavy atom. The highest BCUT2D eigenvalue weighted by atomic mass is 16.4. The van der Waals surface area contributed by atoms with Crippen LogP contribution in [-0.2, 0) is 7.05 Å². The lowest BCUT2D eigenvalue weighted by molar-refractivity contribution is 0.488. The van der Waals surface area contributed by atoms with Gasteiger partial charge in [-0.1, -0.05) is 30.3 Å². The minimum absolute atomic E-state index is 0.311. The summed E-state index contributed by atoms with van der Waals surface area (Å²) in [6.07, 6.45) is 3.50. The highest BCUT2D eigenvalue weighted by Crippen LogP contribution is 2.04. The molecule has 2 aromatic rings. The Morgan fingerprint density at radius 1 is 1.27 bits per heavy atom. The van der Waals surface area contributed by atoms with Gasteiger partial charge in [-0.2, -0.15) is 4.68 Å². The first kappa shape index (κ1) is 9.45. The van der Waals surface area contributed by atoms with Crippen LogP contribution in [0.15, 0.2) is 39.5 Å². The minimum Gasteiger partial charge on any atom is -0.388 e. The molecule has 0 bridgehead atoms. The minimum atomic E-state index is -0.456. The summed E-state index contributed by atoms with van der Waals surface area (Å²) >= 11 is 0. The van der Waals surface area contributed by atoms with Gasteiger partial charge >= 0.3 is 5.76 Å². The summed E-state index contributed by atoms with van der Waals surface area (Å²) in [5.41, 5.74) is 1.03. The molecule has 0 spiro atoms. The van der Waals surface area contributed by atoms with E-state index >= 15 is 0 Å². The molecule has 0 saturated carbocycles. The van der Waals surface area contributed by atoms with Crippen LogP contribution in [0.5, 0.6) is 0 Å². The number of aromatic nitrogens is 2. The van der Waals surface area contributed by atoms with E-state index in [4.69, 9.17) is 4.42 Å². The lowest BCUT2D eigenvalue weighted by atomic mass is 10.2. The van der Waals surface area contributed by atoms with Crippen molar-refractivity contribution in [2.45, 2.75) is 0 Å². The SMILES string of the molecule is Cn1nc(/C=C/c2ccccc2)oc1=O. The third-order valence-electron chi connectivity index (χ3n) is 1.92. The number of hydrogen-bond donors (Lipinski definition) is 0. The van der Waals surface area contributed by atoms with Crippen molar-refractivity contribution in [1.29, 1.82) is 0 Å². The maximum Gasteiger partial charge on any atom is 0.437 e. The molecule has 76 valence electrons. The Morgan fingerprint density at radius 2 is 2.00 bits per heavy atom. The fraction of sp³-hybridized carbons (Fsp3) is 0.0909. The summed E-state index contributed by atoms with van der Waals surface area (Å²) in [5.74, 6) is -0.144. The predicted octanol–water partition coefficient (Wildman–Crippen LogP) is 1.54. The number of benzene rings is 1. The van der Waals surface area contributed by atoms with Crippen molar-refractivity contribution in [2.75, 3.05) is 0 Å². The first-order valence-corrected chi connectivity index (χ1v) is 4.53. The molecule has 4 heteroatoms. The predicted molar refractivity (Wildman–Crippen MR) is 57.1 cm³/mol. The van der Waals surface area contributed by atoms with Crippen LogP contribution in [0.3, 0.4) is 0 Å². The van der Waals surface area contributed by atoms with E-state index in [-0.39, 0.29) is 0 Å². The second-order valence-corrected chi connectivity index (χ2v) is 3.07. The molecule has 1 aromatic heterocycles. The molecule has 0 saturated heterocycles. The second kappa shape index (κ2) is 3.96. The van der Waals surface area contributed by atoms with Crippen LogP contribution in [0.1, 0.15) is 11.5 Å². The Bertz CT molecular complexity index is 523. The molecule has 1 heterocycles. The van der Waals surface area contributed by atoms with Crippen LogP contribution in [-0.4, -0.2) is 9.78 Å². The maximum atomic E-state index is 11.0. The topological polar surface area (TPSA) is 48.0 Å².